The molecule has 0 bridgehead atoms. The molecular formula is C18H28N4O3. The lowest BCUT2D eigenvalue weighted by atomic mass is 9.74. The molecule has 2 heterocycles. The molecular weight excluding hydrogens is 320 g/mol. The summed E-state index contributed by atoms with van der Waals surface area (Å²) in [6, 6.07) is -0.107. The van der Waals surface area contributed by atoms with Gasteiger partial charge in [0.1, 0.15) is 12.4 Å². The molecule has 25 heavy (non-hydrogen) atoms. The third-order valence-corrected chi connectivity index (χ3v) is 4.67. The minimum atomic E-state index is -0.228. The second kappa shape index (κ2) is 7.82. The smallest absolute Gasteiger partial charge is 0.246 e. The molecule has 1 aromatic rings. The maximum absolute atomic E-state index is 12.8. The molecule has 0 aromatic carbocycles. The zero-order valence-electron chi connectivity index (χ0n) is 15.6. The number of likely N-dealkylation sites (N-methyl/N-ethyl adjacent to an activating group) is 1. The predicted octanol–water partition coefficient (Wildman–Crippen LogP) is 1.47. The van der Waals surface area contributed by atoms with Crippen molar-refractivity contribution in [2.24, 2.45) is 5.41 Å². The van der Waals surface area contributed by atoms with Crippen molar-refractivity contribution in [1.82, 2.24) is 19.4 Å². The number of ether oxygens (including phenoxy) is 1. The Labute approximate surface area is 149 Å². The van der Waals surface area contributed by atoms with Crippen molar-refractivity contribution in [2.45, 2.75) is 33.4 Å². The highest BCUT2D eigenvalue weighted by atomic mass is 16.5. The molecule has 2 amide bonds. The van der Waals surface area contributed by atoms with E-state index in [1.807, 2.05) is 22.6 Å². The van der Waals surface area contributed by atoms with Crippen LogP contribution in [0.5, 0.6) is 0 Å². The molecule has 7 nitrogen and oxygen atoms in total. The van der Waals surface area contributed by atoms with Crippen LogP contribution in [0.25, 0.3) is 0 Å². The molecule has 0 N–H and O–H groups in total. The molecule has 1 fully saturated rings. The Kier molecular flexibility index (Phi) is 6.00. The minimum absolute atomic E-state index is 0.0622. The summed E-state index contributed by atoms with van der Waals surface area (Å²) in [5.41, 5.74) is -0.0642. The highest BCUT2D eigenvalue weighted by molar-refractivity contribution is 5.91. The number of hydrogen-bond donors (Lipinski definition) is 0. The Morgan fingerprint density at radius 1 is 1.52 bits per heavy atom. The summed E-state index contributed by atoms with van der Waals surface area (Å²) in [5.74, 6) is 0.566. The fourth-order valence-corrected chi connectivity index (χ4v) is 3.32. The Morgan fingerprint density at radius 2 is 2.24 bits per heavy atom. The molecule has 1 atom stereocenters. The van der Waals surface area contributed by atoms with Crippen molar-refractivity contribution in [3.05, 3.63) is 30.9 Å². The summed E-state index contributed by atoms with van der Waals surface area (Å²) in [6.45, 7) is 12.1. The predicted molar refractivity (Wildman–Crippen MR) is 94.8 cm³/mol. The van der Waals surface area contributed by atoms with Gasteiger partial charge >= 0.3 is 0 Å². The van der Waals surface area contributed by atoms with Crippen LogP contribution in [0.4, 0.5) is 0 Å². The number of imidazole rings is 1. The van der Waals surface area contributed by atoms with E-state index in [2.05, 4.69) is 25.4 Å². The summed E-state index contributed by atoms with van der Waals surface area (Å²) < 4.78 is 7.18. The lowest BCUT2D eigenvalue weighted by Gasteiger charge is -2.54. The Bertz CT molecular complexity index is 638. The van der Waals surface area contributed by atoms with Crippen LogP contribution in [0.2, 0.25) is 0 Å². The lowest BCUT2D eigenvalue weighted by Crippen LogP contribution is -2.60. The third kappa shape index (κ3) is 3.92. The van der Waals surface area contributed by atoms with Gasteiger partial charge < -0.3 is 19.1 Å². The fraction of sp³-hybridized carbons (Fsp3) is 0.611. The van der Waals surface area contributed by atoms with Crippen molar-refractivity contribution < 1.29 is 14.3 Å². The van der Waals surface area contributed by atoms with E-state index in [-0.39, 0.29) is 29.8 Å². The van der Waals surface area contributed by atoms with Crippen LogP contribution in [-0.4, -0.2) is 64.5 Å². The van der Waals surface area contributed by atoms with E-state index < -0.39 is 0 Å². The number of amides is 2. The zero-order chi connectivity index (χ0) is 18.6. The van der Waals surface area contributed by atoms with Crippen molar-refractivity contribution in [3.63, 3.8) is 0 Å². The van der Waals surface area contributed by atoms with Gasteiger partial charge in [0.25, 0.3) is 0 Å². The topological polar surface area (TPSA) is 67.7 Å². The number of aromatic nitrogens is 2. The molecule has 1 saturated heterocycles. The van der Waals surface area contributed by atoms with Crippen molar-refractivity contribution in [1.29, 1.82) is 0 Å². The van der Waals surface area contributed by atoms with Crippen LogP contribution in [0.3, 0.4) is 0 Å². The number of likely N-dealkylation sites (tertiary alicyclic amines) is 1. The maximum atomic E-state index is 12.8. The van der Waals surface area contributed by atoms with E-state index in [4.69, 9.17) is 4.74 Å². The average molecular weight is 348 g/mol. The first-order valence-electron chi connectivity index (χ1n) is 8.56. The normalized spacial score (nSPS) is 18.6. The summed E-state index contributed by atoms with van der Waals surface area (Å²) >= 11 is 0. The molecule has 0 spiro atoms. The number of methoxy groups -OCH3 is 1. The molecule has 138 valence electrons. The molecule has 1 aliphatic heterocycles. The van der Waals surface area contributed by atoms with Gasteiger partial charge in [0.05, 0.1) is 12.6 Å². The van der Waals surface area contributed by atoms with E-state index in [0.717, 1.165) is 5.82 Å². The maximum Gasteiger partial charge on any atom is 0.246 e. The minimum Gasteiger partial charge on any atom is -0.383 e. The average Bonchev–Trinajstić information content (AvgIpc) is 3.02. The van der Waals surface area contributed by atoms with E-state index in [1.54, 1.807) is 13.3 Å². The van der Waals surface area contributed by atoms with Crippen molar-refractivity contribution in [2.75, 3.05) is 33.4 Å². The second-order valence-electron chi connectivity index (χ2n) is 6.94. The lowest BCUT2D eigenvalue weighted by molar-refractivity contribution is -0.156. The summed E-state index contributed by atoms with van der Waals surface area (Å²) in [4.78, 5) is 32.4. The van der Waals surface area contributed by atoms with Gasteiger partial charge in [-0.3, -0.25) is 9.59 Å². The number of nitrogens with zero attached hydrogens (tertiary/aromatic N) is 4. The SMILES string of the molecule is C=CC(=O)N(CC)CC(=O)N1CC(C)(C)C1c1nccn1CCOC. The van der Waals surface area contributed by atoms with E-state index in [0.29, 0.717) is 26.2 Å². The molecule has 0 aliphatic carbocycles. The van der Waals surface area contributed by atoms with Crippen LogP contribution in [0.15, 0.2) is 25.0 Å². The van der Waals surface area contributed by atoms with Crippen LogP contribution in [-0.2, 0) is 20.9 Å². The van der Waals surface area contributed by atoms with Crippen LogP contribution < -0.4 is 0 Å². The first-order valence-corrected chi connectivity index (χ1v) is 8.56. The second-order valence-corrected chi connectivity index (χ2v) is 6.94. The van der Waals surface area contributed by atoms with Gasteiger partial charge in [-0.15, -0.1) is 0 Å². The highest BCUT2D eigenvalue weighted by Gasteiger charge is 2.50. The summed E-state index contributed by atoms with van der Waals surface area (Å²) in [7, 11) is 1.66. The quantitative estimate of drug-likeness (QED) is 0.667. The van der Waals surface area contributed by atoms with Crippen LogP contribution in [0, 0.1) is 5.41 Å². The van der Waals surface area contributed by atoms with Crippen LogP contribution in [0.1, 0.15) is 32.6 Å². The van der Waals surface area contributed by atoms with Gasteiger partial charge in [0, 0.05) is 44.6 Å². The summed E-state index contributed by atoms with van der Waals surface area (Å²) in [6.07, 6.45) is 4.90. The molecule has 2 rings (SSSR count). The third-order valence-electron chi connectivity index (χ3n) is 4.67. The van der Waals surface area contributed by atoms with Gasteiger partial charge in [-0.2, -0.15) is 0 Å². The highest BCUT2D eigenvalue weighted by Crippen LogP contribution is 2.47. The zero-order valence-corrected chi connectivity index (χ0v) is 15.6. The van der Waals surface area contributed by atoms with Gasteiger partial charge in [0.15, 0.2) is 0 Å². The van der Waals surface area contributed by atoms with E-state index >= 15 is 0 Å². The van der Waals surface area contributed by atoms with E-state index in [9.17, 15) is 9.59 Å². The molecule has 0 saturated carbocycles. The number of hydrogen-bond acceptors (Lipinski definition) is 4. The van der Waals surface area contributed by atoms with Crippen molar-refractivity contribution in [3.8, 4) is 0 Å². The largest absolute Gasteiger partial charge is 0.383 e. The van der Waals surface area contributed by atoms with Gasteiger partial charge in [-0.25, -0.2) is 4.98 Å². The molecule has 1 aromatic heterocycles. The Balaban J connectivity index is 2.16. The van der Waals surface area contributed by atoms with E-state index in [1.165, 1.54) is 11.0 Å². The molecule has 0 radical (unpaired) electrons. The molecule has 1 unspecified atom stereocenters. The monoisotopic (exact) mass is 348 g/mol. The summed E-state index contributed by atoms with van der Waals surface area (Å²) in [5, 5.41) is 0. The number of carbonyl (C=O) groups excluding carboxylic acids is 2. The van der Waals surface area contributed by atoms with Gasteiger partial charge in [0.2, 0.25) is 11.8 Å². The molecule has 1 aliphatic rings. The van der Waals surface area contributed by atoms with Gasteiger partial charge in [-0.1, -0.05) is 20.4 Å². The fourth-order valence-electron chi connectivity index (χ4n) is 3.32. The first kappa shape index (κ1) is 19.2. The van der Waals surface area contributed by atoms with Crippen molar-refractivity contribution >= 4 is 11.8 Å². The first-order chi connectivity index (χ1) is 11.9. The standard InChI is InChI=1S/C18H28N4O3/c1-6-14(23)20(7-2)12-15(24)22-13-18(3,4)16(22)17-19-8-9-21(17)10-11-25-5/h6,8-9,16H,1,7,10-13H2,2-5H3. The Hall–Kier alpha value is -2.15. The number of carbonyl (C=O) groups is 2. The van der Waals surface area contributed by atoms with Gasteiger partial charge in [-0.05, 0) is 13.0 Å². The molecule has 7 heteroatoms. The number of rotatable bonds is 8. The Morgan fingerprint density at radius 3 is 2.80 bits per heavy atom. The van der Waals surface area contributed by atoms with Crippen LogP contribution >= 0.6 is 0 Å².